The van der Waals surface area contributed by atoms with Gasteiger partial charge in [-0.25, -0.2) is 0 Å². The van der Waals surface area contributed by atoms with Gasteiger partial charge in [0.1, 0.15) is 0 Å². The number of hydrogen-bond donors (Lipinski definition) is 1. The first kappa shape index (κ1) is 15.9. The maximum atomic E-state index is 5.52. The third-order valence-corrected chi connectivity index (χ3v) is 3.53. The molecule has 4 heteroatoms. The van der Waals surface area contributed by atoms with E-state index in [0.29, 0.717) is 0 Å². The quantitative estimate of drug-likeness (QED) is 0.504. The summed E-state index contributed by atoms with van der Waals surface area (Å²) in [5.74, 6) is 0.846. The molecule has 108 valence electrons. The molecule has 0 radical (unpaired) electrons. The Hall–Kier alpha value is -0.160. The molecule has 18 heavy (non-hydrogen) atoms. The molecule has 0 spiro atoms. The van der Waals surface area contributed by atoms with Gasteiger partial charge >= 0.3 is 0 Å². The zero-order valence-electron chi connectivity index (χ0n) is 12.3. The van der Waals surface area contributed by atoms with E-state index in [1.807, 2.05) is 13.8 Å². The highest BCUT2D eigenvalue weighted by Crippen LogP contribution is 2.14. The molecule has 1 N–H and O–H groups in total. The predicted molar refractivity (Wildman–Crippen MR) is 74.7 cm³/mol. The van der Waals surface area contributed by atoms with Crippen LogP contribution in [0.2, 0.25) is 0 Å². The summed E-state index contributed by atoms with van der Waals surface area (Å²) in [5.41, 5.74) is 0. The normalized spacial score (nSPS) is 18.7. The van der Waals surface area contributed by atoms with Gasteiger partial charge in [0.2, 0.25) is 0 Å². The van der Waals surface area contributed by atoms with E-state index >= 15 is 0 Å². The highest BCUT2D eigenvalue weighted by Gasteiger charge is 2.16. The van der Waals surface area contributed by atoms with Crippen LogP contribution in [0, 0.1) is 5.92 Å². The van der Waals surface area contributed by atoms with Crippen molar-refractivity contribution in [1.82, 2.24) is 10.2 Å². The molecule has 0 aromatic heterocycles. The van der Waals surface area contributed by atoms with Crippen molar-refractivity contribution in [2.45, 2.75) is 39.4 Å². The monoisotopic (exact) mass is 258 g/mol. The molecule has 0 saturated carbocycles. The van der Waals surface area contributed by atoms with Crippen LogP contribution in [0.15, 0.2) is 0 Å². The Labute approximate surface area is 112 Å². The van der Waals surface area contributed by atoms with Crippen molar-refractivity contribution in [3.05, 3.63) is 0 Å². The number of likely N-dealkylation sites (tertiary alicyclic amines) is 1. The van der Waals surface area contributed by atoms with Gasteiger partial charge < -0.3 is 19.7 Å². The van der Waals surface area contributed by atoms with Crippen LogP contribution in [-0.2, 0) is 9.47 Å². The number of ether oxygens (including phenoxy) is 2. The zero-order valence-corrected chi connectivity index (χ0v) is 12.3. The highest BCUT2D eigenvalue weighted by atomic mass is 16.7. The molecule has 1 aliphatic rings. The summed E-state index contributed by atoms with van der Waals surface area (Å²) in [6, 6.07) is 0. The smallest absolute Gasteiger partial charge is 0.158 e. The van der Waals surface area contributed by atoms with Crippen LogP contribution < -0.4 is 5.32 Å². The lowest BCUT2D eigenvalue weighted by Gasteiger charge is -2.29. The zero-order chi connectivity index (χ0) is 13.2. The fourth-order valence-electron chi connectivity index (χ4n) is 2.38. The van der Waals surface area contributed by atoms with Crippen molar-refractivity contribution in [3.8, 4) is 0 Å². The van der Waals surface area contributed by atoms with Crippen LogP contribution in [0.5, 0.6) is 0 Å². The Bertz CT molecular complexity index is 188. The minimum Gasteiger partial charge on any atom is -0.353 e. The van der Waals surface area contributed by atoms with Gasteiger partial charge in [0.15, 0.2) is 6.29 Å². The number of piperidine rings is 1. The minimum absolute atomic E-state index is 0.0370. The Morgan fingerprint density at radius 1 is 1.17 bits per heavy atom. The van der Waals surface area contributed by atoms with Gasteiger partial charge in [0, 0.05) is 19.6 Å². The minimum atomic E-state index is -0.0370. The molecule has 1 rings (SSSR count). The molecule has 1 saturated heterocycles. The second-order valence-corrected chi connectivity index (χ2v) is 5.08. The molecular formula is C14H30N2O2. The molecule has 0 aliphatic carbocycles. The van der Waals surface area contributed by atoms with Gasteiger partial charge in [-0.3, -0.25) is 0 Å². The van der Waals surface area contributed by atoms with Gasteiger partial charge in [-0.15, -0.1) is 0 Å². The van der Waals surface area contributed by atoms with Crippen LogP contribution in [0.4, 0.5) is 0 Å². The van der Waals surface area contributed by atoms with Gasteiger partial charge in [0.25, 0.3) is 0 Å². The number of hydrogen-bond acceptors (Lipinski definition) is 4. The van der Waals surface area contributed by atoms with E-state index in [4.69, 9.17) is 9.47 Å². The lowest BCUT2D eigenvalue weighted by molar-refractivity contribution is -0.138. The van der Waals surface area contributed by atoms with Crippen LogP contribution in [0.1, 0.15) is 33.1 Å². The van der Waals surface area contributed by atoms with Gasteiger partial charge in [-0.1, -0.05) is 0 Å². The molecule has 0 aromatic carbocycles. The molecule has 0 amide bonds. The standard InChI is InChI=1S/C14H30N2O2/c1-4-17-14(18-5-2)6-9-15-12-13-7-10-16(3)11-8-13/h13-15H,4-12H2,1-3H3. The predicted octanol–water partition coefficient (Wildman–Crippen LogP) is 1.71. The van der Waals surface area contributed by atoms with Crippen molar-refractivity contribution in [1.29, 1.82) is 0 Å². The van der Waals surface area contributed by atoms with E-state index in [2.05, 4.69) is 17.3 Å². The Balaban J connectivity index is 2.02. The topological polar surface area (TPSA) is 33.7 Å². The van der Waals surface area contributed by atoms with Crippen LogP contribution >= 0.6 is 0 Å². The van der Waals surface area contributed by atoms with Crippen molar-refractivity contribution in [2.75, 3.05) is 46.4 Å². The summed E-state index contributed by atoms with van der Waals surface area (Å²) in [6.07, 6.45) is 3.55. The second kappa shape index (κ2) is 9.73. The fourth-order valence-corrected chi connectivity index (χ4v) is 2.38. The number of rotatable bonds is 9. The first-order valence-electron chi connectivity index (χ1n) is 7.38. The average molecular weight is 258 g/mol. The first-order valence-corrected chi connectivity index (χ1v) is 7.38. The van der Waals surface area contributed by atoms with Gasteiger partial charge in [0.05, 0.1) is 0 Å². The molecule has 1 fully saturated rings. The van der Waals surface area contributed by atoms with E-state index in [-0.39, 0.29) is 6.29 Å². The summed E-state index contributed by atoms with van der Waals surface area (Å²) in [5, 5.41) is 3.54. The number of nitrogens with one attached hydrogen (secondary N) is 1. The number of nitrogens with zero attached hydrogens (tertiary/aromatic N) is 1. The molecule has 1 aliphatic heterocycles. The molecule has 1 heterocycles. The molecule has 0 bridgehead atoms. The summed E-state index contributed by atoms with van der Waals surface area (Å²) < 4.78 is 11.0. The molecular weight excluding hydrogens is 228 g/mol. The lowest BCUT2D eigenvalue weighted by Crippen LogP contribution is -2.35. The van der Waals surface area contributed by atoms with E-state index < -0.39 is 0 Å². The van der Waals surface area contributed by atoms with Crippen molar-refractivity contribution in [2.24, 2.45) is 5.92 Å². The third-order valence-electron chi connectivity index (χ3n) is 3.53. The summed E-state index contributed by atoms with van der Waals surface area (Å²) in [6.45, 7) is 10.1. The van der Waals surface area contributed by atoms with Crippen molar-refractivity contribution < 1.29 is 9.47 Å². The molecule has 0 aromatic rings. The largest absolute Gasteiger partial charge is 0.353 e. The molecule has 4 nitrogen and oxygen atoms in total. The van der Waals surface area contributed by atoms with Crippen molar-refractivity contribution >= 4 is 0 Å². The second-order valence-electron chi connectivity index (χ2n) is 5.08. The summed E-state index contributed by atoms with van der Waals surface area (Å²) in [4.78, 5) is 2.41. The Kier molecular flexibility index (Phi) is 8.59. The van der Waals surface area contributed by atoms with Gasteiger partial charge in [-0.2, -0.15) is 0 Å². The SMILES string of the molecule is CCOC(CCNCC1CCN(C)CC1)OCC. The third kappa shape index (κ3) is 6.69. The van der Waals surface area contributed by atoms with E-state index in [1.54, 1.807) is 0 Å². The summed E-state index contributed by atoms with van der Waals surface area (Å²) >= 11 is 0. The van der Waals surface area contributed by atoms with E-state index in [9.17, 15) is 0 Å². The van der Waals surface area contributed by atoms with E-state index in [0.717, 1.165) is 38.6 Å². The van der Waals surface area contributed by atoms with Gasteiger partial charge in [-0.05, 0) is 65.8 Å². The Morgan fingerprint density at radius 3 is 2.33 bits per heavy atom. The maximum Gasteiger partial charge on any atom is 0.158 e. The van der Waals surface area contributed by atoms with Crippen LogP contribution in [-0.4, -0.2) is 57.6 Å². The van der Waals surface area contributed by atoms with Crippen LogP contribution in [0.25, 0.3) is 0 Å². The summed E-state index contributed by atoms with van der Waals surface area (Å²) in [7, 11) is 2.21. The van der Waals surface area contributed by atoms with Crippen molar-refractivity contribution in [3.63, 3.8) is 0 Å². The Morgan fingerprint density at radius 2 is 1.78 bits per heavy atom. The van der Waals surface area contributed by atoms with Crippen LogP contribution in [0.3, 0.4) is 0 Å². The average Bonchev–Trinajstić information content (AvgIpc) is 2.37. The molecule has 0 atom stereocenters. The fraction of sp³-hybridized carbons (Fsp3) is 1.00. The molecule has 0 unspecified atom stereocenters. The first-order chi connectivity index (χ1) is 8.76. The van der Waals surface area contributed by atoms with E-state index in [1.165, 1.54) is 25.9 Å². The highest BCUT2D eigenvalue weighted by molar-refractivity contribution is 4.71. The maximum absolute atomic E-state index is 5.52. The lowest BCUT2D eigenvalue weighted by atomic mass is 9.97.